The van der Waals surface area contributed by atoms with Crippen molar-refractivity contribution in [1.82, 2.24) is 5.32 Å². The van der Waals surface area contributed by atoms with Gasteiger partial charge < -0.3 is 10.2 Å². The van der Waals surface area contributed by atoms with Gasteiger partial charge in [0.15, 0.2) is 0 Å². The van der Waals surface area contributed by atoms with Gasteiger partial charge in [-0.1, -0.05) is 18.2 Å². The topological polar surface area (TPSA) is 49.4 Å². The average Bonchev–Trinajstić information content (AvgIpc) is 2.52. The van der Waals surface area contributed by atoms with E-state index in [0.717, 1.165) is 11.3 Å². The lowest BCUT2D eigenvalue weighted by molar-refractivity contribution is -0.126. The average molecular weight is 232 g/mol. The highest BCUT2D eigenvalue weighted by Crippen LogP contribution is 2.36. The first kappa shape index (κ1) is 11.6. The van der Waals surface area contributed by atoms with Crippen LogP contribution in [-0.2, 0) is 9.59 Å². The van der Waals surface area contributed by atoms with Gasteiger partial charge in [0.1, 0.15) is 6.04 Å². The Hall–Kier alpha value is -1.84. The summed E-state index contributed by atoms with van der Waals surface area (Å²) in [5, 5.41) is 2.70. The van der Waals surface area contributed by atoms with Gasteiger partial charge in [0, 0.05) is 24.2 Å². The minimum Gasteiger partial charge on any atom is -0.341 e. The number of nitrogens with one attached hydrogen (secondary N) is 1. The van der Waals surface area contributed by atoms with E-state index >= 15 is 0 Å². The highest BCUT2D eigenvalue weighted by atomic mass is 16.2. The molecule has 4 heteroatoms. The summed E-state index contributed by atoms with van der Waals surface area (Å²) in [6, 6.07) is 7.13. The van der Waals surface area contributed by atoms with Crippen molar-refractivity contribution in [3.63, 3.8) is 0 Å². The van der Waals surface area contributed by atoms with Crippen molar-refractivity contribution in [3.8, 4) is 0 Å². The number of fused-ring (bicyclic) bond motifs is 1. The number of anilines is 1. The lowest BCUT2D eigenvalue weighted by Crippen LogP contribution is -2.39. The first-order valence-electron chi connectivity index (χ1n) is 5.71. The van der Waals surface area contributed by atoms with Gasteiger partial charge >= 0.3 is 0 Å². The maximum absolute atomic E-state index is 12.3. The van der Waals surface area contributed by atoms with E-state index < -0.39 is 6.04 Å². The monoisotopic (exact) mass is 232 g/mol. The molecule has 1 aliphatic rings. The molecule has 0 spiro atoms. The van der Waals surface area contributed by atoms with Crippen LogP contribution in [0.15, 0.2) is 24.3 Å². The molecule has 1 aliphatic heterocycles. The van der Waals surface area contributed by atoms with Gasteiger partial charge in [-0.25, -0.2) is 0 Å². The van der Waals surface area contributed by atoms with Crippen LogP contribution in [0, 0.1) is 0 Å². The second-order valence-electron chi connectivity index (χ2n) is 4.49. The summed E-state index contributed by atoms with van der Waals surface area (Å²) in [5.74, 6) is -0.250. The lowest BCUT2D eigenvalue weighted by Gasteiger charge is -2.22. The number of hydrogen-bond donors (Lipinski definition) is 1. The van der Waals surface area contributed by atoms with Crippen LogP contribution in [0.3, 0.4) is 0 Å². The van der Waals surface area contributed by atoms with Crippen LogP contribution in [0.2, 0.25) is 0 Å². The van der Waals surface area contributed by atoms with E-state index in [1.54, 1.807) is 4.90 Å². The number of carbonyl (C=O) groups is 2. The molecule has 2 amide bonds. The molecule has 0 saturated heterocycles. The molecule has 0 aliphatic carbocycles. The molecule has 1 atom stereocenters. The molecule has 1 N–H and O–H groups in total. The molecule has 17 heavy (non-hydrogen) atoms. The van der Waals surface area contributed by atoms with Crippen LogP contribution in [0.1, 0.15) is 32.4 Å². The van der Waals surface area contributed by atoms with Gasteiger partial charge in [0.05, 0.1) is 0 Å². The zero-order valence-electron chi connectivity index (χ0n) is 10.2. The van der Waals surface area contributed by atoms with Crippen molar-refractivity contribution in [2.45, 2.75) is 32.9 Å². The Bertz CT molecular complexity index is 468. The Morgan fingerprint density at radius 2 is 2.00 bits per heavy atom. The molecule has 4 nitrogen and oxygen atoms in total. The number of amides is 2. The van der Waals surface area contributed by atoms with Crippen molar-refractivity contribution in [1.29, 1.82) is 0 Å². The van der Waals surface area contributed by atoms with Crippen LogP contribution in [-0.4, -0.2) is 17.9 Å². The molecule has 0 radical (unpaired) electrons. The van der Waals surface area contributed by atoms with Crippen molar-refractivity contribution in [2.24, 2.45) is 0 Å². The maximum Gasteiger partial charge on any atom is 0.254 e. The summed E-state index contributed by atoms with van der Waals surface area (Å²) in [6.07, 6.45) is 0. The van der Waals surface area contributed by atoms with Crippen molar-refractivity contribution >= 4 is 17.5 Å². The molecule has 0 aromatic heterocycles. The summed E-state index contributed by atoms with van der Waals surface area (Å²) < 4.78 is 0. The second-order valence-corrected chi connectivity index (χ2v) is 4.49. The van der Waals surface area contributed by atoms with Crippen LogP contribution in [0.5, 0.6) is 0 Å². The standard InChI is InChI=1S/C13H16N2O2/c1-8(2)15-11-7-5-4-6-10(11)12(13(15)17)14-9(3)16/h4-8,12H,1-3H3,(H,14,16)/t12-/m0/s1. The van der Waals surface area contributed by atoms with Gasteiger partial charge in [-0.05, 0) is 19.9 Å². The van der Waals surface area contributed by atoms with E-state index in [9.17, 15) is 9.59 Å². The highest BCUT2D eigenvalue weighted by molar-refractivity contribution is 6.06. The minimum atomic E-state index is -0.536. The summed E-state index contributed by atoms with van der Waals surface area (Å²) in [6.45, 7) is 5.35. The zero-order chi connectivity index (χ0) is 12.6. The number of carbonyl (C=O) groups excluding carboxylic acids is 2. The number of hydrogen-bond acceptors (Lipinski definition) is 2. The Kier molecular flexibility index (Phi) is 2.88. The van der Waals surface area contributed by atoms with Gasteiger partial charge in [0.25, 0.3) is 5.91 Å². The highest BCUT2D eigenvalue weighted by Gasteiger charge is 2.38. The Morgan fingerprint density at radius 3 is 2.59 bits per heavy atom. The van der Waals surface area contributed by atoms with E-state index in [-0.39, 0.29) is 17.9 Å². The van der Waals surface area contributed by atoms with Crippen LogP contribution >= 0.6 is 0 Å². The zero-order valence-corrected chi connectivity index (χ0v) is 10.2. The molecule has 1 heterocycles. The molecule has 0 saturated carbocycles. The van der Waals surface area contributed by atoms with Crippen molar-refractivity contribution < 1.29 is 9.59 Å². The Labute approximate surface area is 101 Å². The van der Waals surface area contributed by atoms with Crippen molar-refractivity contribution in [3.05, 3.63) is 29.8 Å². The molecule has 0 unspecified atom stereocenters. The summed E-state index contributed by atoms with van der Waals surface area (Å²) in [5.41, 5.74) is 1.77. The van der Waals surface area contributed by atoms with Crippen LogP contribution in [0.4, 0.5) is 5.69 Å². The predicted molar refractivity (Wildman–Crippen MR) is 65.6 cm³/mol. The third-order valence-electron chi connectivity index (χ3n) is 2.86. The number of nitrogens with zero attached hydrogens (tertiary/aromatic N) is 1. The molecule has 1 aromatic carbocycles. The number of para-hydroxylation sites is 1. The van der Waals surface area contributed by atoms with E-state index in [0.29, 0.717) is 0 Å². The van der Waals surface area contributed by atoms with Crippen LogP contribution in [0.25, 0.3) is 0 Å². The Balaban J connectivity index is 2.45. The van der Waals surface area contributed by atoms with E-state index in [1.807, 2.05) is 38.1 Å². The summed E-state index contributed by atoms with van der Waals surface area (Å²) >= 11 is 0. The van der Waals surface area contributed by atoms with Gasteiger partial charge in [0.2, 0.25) is 5.91 Å². The van der Waals surface area contributed by atoms with E-state index in [4.69, 9.17) is 0 Å². The molecule has 0 bridgehead atoms. The molecule has 90 valence electrons. The van der Waals surface area contributed by atoms with Gasteiger partial charge in [-0.3, -0.25) is 9.59 Å². The quantitative estimate of drug-likeness (QED) is 0.842. The molecule has 1 aromatic rings. The summed E-state index contributed by atoms with van der Waals surface area (Å²) in [7, 11) is 0. The van der Waals surface area contributed by atoms with E-state index in [1.165, 1.54) is 6.92 Å². The number of benzene rings is 1. The predicted octanol–water partition coefficient (Wildman–Crippen LogP) is 1.62. The van der Waals surface area contributed by atoms with Crippen molar-refractivity contribution in [2.75, 3.05) is 4.90 Å². The SMILES string of the molecule is CC(=O)N[C@@H]1C(=O)N(C(C)C)c2ccccc21. The second kappa shape index (κ2) is 4.20. The maximum atomic E-state index is 12.3. The normalized spacial score (nSPS) is 18.5. The first-order valence-corrected chi connectivity index (χ1v) is 5.71. The Morgan fingerprint density at radius 1 is 1.35 bits per heavy atom. The lowest BCUT2D eigenvalue weighted by atomic mass is 10.1. The minimum absolute atomic E-state index is 0.0589. The fourth-order valence-corrected chi connectivity index (χ4v) is 2.22. The molecular weight excluding hydrogens is 216 g/mol. The van der Waals surface area contributed by atoms with E-state index in [2.05, 4.69) is 5.32 Å². The van der Waals surface area contributed by atoms with Gasteiger partial charge in [-0.2, -0.15) is 0 Å². The fraction of sp³-hybridized carbons (Fsp3) is 0.385. The molecule has 0 fully saturated rings. The largest absolute Gasteiger partial charge is 0.341 e. The molecular formula is C13H16N2O2. The molecule has 2 rings (SSSR count). The third-order valence-corrected chi connectivity index (χ3v) is 2.86. The third kappa shape index (κ3) is 1.90. The van der Waals surface area contributed by atoms with Crippen LogP contribution < -0.4 is 10.2 Å². The summed E-state index contributed by atoms with van der Waals surface area (Å²) in [4.78, 5) is 25.1. The number of rotatable bonds is 2. The first-order chi connectivity index (χ1) is 8.02. The van der Waals surface area contributed by atoms with Gasteiger partial charge in [-0.15, -0.1) is 0 Å². The smallest absolute Gasteiger partial charge is 0.254 e. The fourth-order valence-electron chi connectivity index (χ4n) is 2.22.